The summed E-state index contributed by atoms with van der Waals surface area (Å²) in [6.07, 6.45) is 7.76. The molecule has 0 spiro atoms. The van der Waals surface area contributed by atoms with Crippen LogP contribution >= 0.6 is 11.3 Å². The Bertz CT molecular complexity index is 1070. The highest BCUT2D eigenvalue weighted by Gasteiger charge is 2.30. The first kappa shape index (κ1) is 24.5. The Hall–Kier alpha value is -2.11. The quantitative estimate of drug-likeness (QED) is 0.697. The molecule has 32 heavy (non-hydrogen) atoms. The summed E-state index contributed by atoms with van der Waals surface area (Å²) in [5.74, 6) is 0.358. The molecular formula is C21H28FN3O5S2. The van der Waals surface area contributed by atoms with Gasteiger partial charge < -0.3 is 14.6 Å². The number of hydrogen-bond acceptors (Lipinski definition) is 7. The van der Waals surface area contributed by atoms with E-state index in [9.17, 15) is 22.4 Å². The van der Waals surface area contributed by atoms with Gasteiger partial charge in [-0.15, -0.1) is 0 Å². The highest BCUT2D eigenvalue weighted by atomic mass is 32.2. The molecule has 1 aliphatic heterocycles. The SMILES string of the molecule is CC1CCOCC1.O=C(Cn1ccc(S(=O)(=O)C2CCCC2)cc1=O)Nc1ncc(F)s1. The van der Waals surface area contributed by atoms with Gasteiger partial charge in [-0.2, -0.15) is 4.39 Å². The standard InChI is InChI=1S/C15H16FN3O4S2.C6H12O/c16-12-8-17-15(24-12)18-13(20)9-19-6-5-11(7-14(19)21)25(22,23)10-3-1-2-4-10;1-6-2-4-7-5-3-6/h5-8,10H,1-4,9H2,(H,17,18,20);6H,2-5H2,1H3. The Morgan fingerprint density at radius 1 is 1.28 bits per heavy atom. The minimum absolute atomic E-state index is 0.0111. The summed E-state index contributed by atoms with van der Waals surface area (Å²) in [5.41, 5.74) is -0.584. The fourth-order valence-electron chi connectivity index (χ4n) is 3.63. The van der Waals surface area contributed by atoms with Crippen LogP contribution in [0.4, 0.5) is 9.52 Å². The van der Waals surface area contributed by atoms with Crippen LogP contribution in [0.5, 0.6) is 0 Å². The van der Waals surface area contributed by atoms with Gasteiger partial charge in [-0.1, -0.05) is 31.1 Å². The van der Waals surface area contributed by atoms with Crippen LogP contribution < -0.4 is 10.9 Å². The van der Waals surface area contributed by atoms with E-state index in [1.165, 1.54) is 25.1 Å². The van der Waals surface area contributed by atoms with Crippen molar-refractivity contribution in [2.75, 3.05) is 18.5 Å². The van der Waals surface area contributed by atoms with Crippen LogP contribution in [0.1, 0.15) is 45.4 Å². The number of nitrogens with zero attached hydrogens (tertiary/aromatic N) is 2. The van der Waals surface area contributed by atoms with Crippen molar-refractivity contribution in [3.05, 3.63) is 40.0 Å². The summed E-state index contributed by atoms with van der Waals surface area (Å²) in [6.45, 7) is 3.94. The van der Waals surface area contributed by atoms with Crippen molar-refractivity contribution in [3.8, 4) is 0 Å². The van der Waals surface area contributed by atoms with Crippen LogP contribution in [-0.2, 0) is 25.9 Å². The van der Waals surface area contributed by atoms with Crippen molar-refractivity contribution in [1.29, 1.82) is 0 Å². The molecule has 1 saturated carbocycles. The zero-order valence-corrected chi connectivity index (χ0v) is 19.6. The summed E-state index contributed by atoms with van der Waals surface area (Å²) in [5, 5.41) is 1.50. The minimum Gasteiger partial charge on any atom is -0.381 e. The van der Waals surface area contributed by atoms with Crippen molar-refractivity contribution in [2.24, 2.45) is 5.92 Å². The van der Waals surface area contributed by atoms with Gasteiger partial charge in [-0.05, 0) is 37.7 Å². The Labute approximate surface area is 190 Å². The maximum Gasteiger partial charge on any atom is 0.252 e. The lowest BCUT2D eigenvalue weighted by Crippen LogP contribution is -2.28. The molecule has 1 saturated heterocycles. The van der Waals surface area contributed by atoms with Crippen molar-refractivity contribution in [2.45, 2.75) is 62.1 Å². The van der Waals surface area contributed by atoms with Gasteiger partial charge in [0.2, 0.25) is 5.91 Å². The zero-order valence-electron chi connectivity index (χ0n) is 18.0. The molecule has 2 aromatic rings. The molecule has 0 radical (unpaired) electrons. The fourth-order valence-corrected chi connectivity index (χ4v) is 6.04. The molecule has 0 aromatic carbocycles. The highest BCUT2D eigenvalue weighted by molar-refractivity contribution is 7.92. The third-order valence-corrected chi connectivity index (χ3v) is 8.55. The number of carbonyl (C=O) groups is 1. The van der Waals surface area contributed by atoms with Crippen LogP contribution in [0.15, 0.2) is 34.2 Å². The fraction of sp³-hybridized carbons (Fsp3) is 0.571. The predicted octanol–water partition coefficient (Wildman–Crippen LogP) is 3.23. The Balaban J connectivity index is 0.000000352. The predicted molar refractivity (Wildman–Crippen MR) is 120 cm³/mol. The molecule has 0 bridgehead atoms. The number of amides is 1. The lowest BCUT2D eigenvalue weighted by Gasteiger charge is -2.16. The zero-order chi connectivity index (χ0) is 23.1. The molecule has 2 aromatic heterocycles. The molecule has 2 aliphatic rings. The number of ether oxygens (including phenoxy) is 1. The summed E-state index contributed by atoms with van der Waals surface area (Å²) >= 11 is 0.674. The molecule has 1 N–H and O–H groups in total. The lowest BCUT2D eigenvalue weighted by molar-refractivity contribution is -0.116. The van der Waals surface area contributed by atoms with Gasteiger partial charge in [0.15, 0.2) is 20.1 Å². The van der Waals surface area contributed by atoms with E-state index in [1.54, 1.807) is 0 Å². The Morgan fingerprint density at radius 2 is 1.97 bits per heavy atom. The van der Waals surface area contributed by atoms with E-state index in [1.807, 2.05) is 0 Å². The molecule has 4 rings (SSSR count). The maximum absolute atomic E-state index is 12.8. The normalized spacial score (nSPS) is 17.6. The van der Waals surface area contributed by atoms with E-state index in [-0.39, 0.29) is 16.6 Å². The molecule has 3 heterocycles. The molecule has 1 aliphatic carbocycles. The van der Waals surface area contributed by atoms with E-state index in [2.05, 4.69) is 17.2 Å². The van der Waals surface area contributed by atoms with Crippen molar-refractivity contribution >= 4 is 32.2 Å². The average molecular weight is 486 g/mol. The number of sulfone groups is 1. The lowest BCUT2D eigenvalue weighted by atomic mass is 10.0. The molecule has 0 atom stereocenters. The number of thiazole rings is 1. The number of halogens is 1. The van der Waals surface area contributed by atoms with Gasteiger partial charge in [-0.25, -0.2) is 13.4 Å². The molecule has 11 heteroatoms. The maximum atomic E-state index is 12.8. The van der Waals surface area contributed by atoms with E-state index in [0.717, 1.165) is 48.8 Å². The minimum atomic E-state index is -3.52. The number of pyridine rings is 1. The van der Waals surface area contributed by atoms with Crippen LogP contribution in [0.25, 0.3) is 0 Å². The number of nitrogens with one attached hydrogen (secondary N) is 1. The monoisotopic (exact) mass is 485 g/mol. The molecule has 1 amide bonds. The van der Waals surface area contributed by atoms with Gasteiger partial charge >= 0.3 is 0 Å². The first-order chi connectivity index (χ1) is 15.3. The number of aromatic nitrogens is 2. The third kappa shape index (κ3) is 6.69. The largest absolute Gasteiger partial charge is 0.381 e. The van der Waals surface area contributed by atoms with Crippen molar-refractivity contribution in [1.82, 2.24) is 9.55 Å². The molecule has 176 valence electrons. The Kier molecular flexibility index (Phi) is 8.55. The van der Waals surface area contributed by atoms with Gasteiger partial charge in [0, 0.05) is 25.5 Å². The van der Waals surface area contributed by atoms with Crippen molar-refractivity contribution < 1.29 is 22.3 Å². The Morgan fingerprint density at radius 3 is 2.50 bits per heavy atom. The van der Waals surface area contributed by atoms with Gasteiger partial charge in [0.25, 0.3) is 5.56 Å². The van der Waals surface area contributed by atoms with Crippen LogP contribution in [0.2, 0.25) is 0 Å². The highest BCUT2D eigenvalue weighted by Crippen LogP contribution is 2.28. The van der Waals surface area contributed by atoms with E-state index in [4.69, 9.17) is 4.74 Å². The first-order valence-electron chi connectivity index (χ1n) is 10.7. The van der Waals surface area contributed by atoms with Crippen molar-refractivity contribution in [3.63, 3.8) is 0 Å². The molecule has 8 nitrogen and oxygen atoms in total. The van der Waals surface area contributed by atoms with Gasteiger partial charge in [0.05, 0.1) is 16.3 Å². The van der Waals surface area contributed by atoms with Gasteiger partial charge in [-0.3, -0.25) is 9.59 Å². The third-order valence-electron chi connectivity index (χ3n) is 5.58. The number of rotatable bonds is 5. The van der Waals surface area contributed by atoms with Crippen LogP contribution in [-0.4, -0.2) is 42.3 Å². The van der Waals surface area contributed by atoms with E-state index >= 15 is 0 Å². The number of carbonyl (C=O) groups excluding carboxylic acids is 1. The summed E-state index contributed by atoms with van der Waals surface area (Å²) in [4.78, 5) is 27.7. The van der Waals surface area contributed by atoms with Crippen LogP contribution in [0, 0.1) is 11.0 Å². The van der Waals surface area contributed by atoms with Gasteiger partial charge in [0.1, 0.15) is 6.54 Å². The second-order valence-electron chi connectivity index (χ2n) is 8.09. The number of anilines is 1. The smallest absolute Gasteiger partial charge is 0.252 e. The molecular weight excluding hydrogens is 457 g/mol. The summed E-state index contributed by atoms with van der Waals surface area (Å²) < 4.78 is 44.1. The molecule has 2 fully saturated rings. The second kappa shape index (κ2) is 11.2. The van der Waals surface area contributed by atoms with E-state index < -0.39 is 31.7 Å². The topological polar surface area (TPSA) is 107 Å². The van der Waals surface area contributed by atoms with Crippen LogP contribution in [0.3, 0.4) is 0 Å². The summed E-state index contributed by atoms with van der Waals surface area (Å²) in [7, 11) is -3.52. The summed E-state index contributed by atoms with van der Waals surface area (Å²) in [6, 6.07) is 2.38. The first-order valence-corrected chi connectivity index (χ1v) is 13.1. The number of hydrogen-bond donors (Lipinski definition) is 1. The van der Waals surface area contributed by atoms with E-state index in [0.29, 0.717) is 24.2 Å². The average Bonchev–Trinajstić information content (AvgIpc) is 3.43. The molecule has 0 unspecified atom stereocenters. The second-order valence-corrected chi connectivity index (χ2v) is 11.3.